The van der Waals surface area contributed by atoms with E-state index in [0.717, 1.165) is 30.6 Å². The quantitative estimate of drug-likeness (QED) is 0.832. The van der Waals surface area contributed by atoms with Crippen LogP contribution in [0, 0.1) is 23.2 Å². The van der Waals surface area contributed by atoms with Gasteiger partial charge in [-0.2, -0.15) is 0 Å². The van der Waals surface area contributed by atoms with Crippen molar-refractivity contribution < 1.29 is 5.11 Å². The normalized spacial score (nSPS) is 34.4. The molecule has 128 valence electrons. The maximum absolute atomic E-state index is 9.74. The minimum Gasteiger partial charge on any atom is -0.393 e. The average Bonchev–Trinajstić information content (AvgIpc) is 2.53. The van der Waals surface area contributed by atoms with Crippen LogP contribution in [0.1, 0.15) is 78.1 Å². The fourth-order valence-electron chi connectivity index (χ4n) is 5.33. The van der Waals surface area contributed by atoms with E-state index in [2.05, 4.69) is 18.7 Å². The molecular weight excluding hydrogens is 270 g/mol. The molecule has 2 heteroatoms. The molecular formula is C20H37NO. The van der Waals surface area contributed by atoms with Crippen LogP contribution >= 0.6 is 0 Å². The van der Waals surface area contributed by atoms with Crippen LogP contribution in [-0.4, -0.2) is 35.7 Å². The number of nitrogens with zero attached hydrogens (tertiary/aromatic N) is 1. The third-order valence-electron chi connectivity index (χ3n) is 7.28. The monoisotopic (exact) mass is 307 g/mol. The number of hydrogen-bond donors (Lipinski definition) is 1. The molecule has 3 aliphatic rings. The summed E-state index contributed by atoms with van der Waals surface area (Å²) in [5.41, 5.74) is 0.602. The van der Waals surface area contributed by atoms with E-state index in [0.29, 0.717) is 5.41 Å². The fourth-order valence-corrected chi connectivity index (χ4v) is 5.33. The highest BCUT2D eigenvalue weighted by molar-refractivity contribution is 4.91. The Balaban J connectivity index is 1.39. The van der Waals surface area contributed by atoms with Crippen molar-refractivity contribution in [1.82, 2.24) is 4.90 Å². The highest BCUT2D eigenvalue weighted by Crippen LogP contribution is 2.45. The molecule has 0 atom stereocenters. The zero-order chi connectivity index (χ0) is 15.6. The smallest absolute Gasteiger partial charge is 0.0540 e. The first kappa shape index (κ1) is 16.8. The Labute approximate surface area is 137 Å². The summed E-state index contributed by atoms with van der Waals surface area (Å²) in [6.45, 7) is 8.80. The van der Waals surface area contributed by atoms with Crippen LogP contribution < -0.4 is 0 Å². The van der Waals surface area contributed by atoms with E-state index in [1.165, 1.54) is 71.0 Å². The van der Waals surface area contributed by atoms with Gasteiger partial charge in [0.05, 0.1) is 6.10 Å². The first-order valence-corrected chi connectivity index (χ1v) is 9.97. The summed E-state index contributed by atoms with van der Waals surface area (Å²) in [5.74, 6) is 2.85. The average molecular weight is 308 g/mol. The molecule has 2 saturated carbocycles. The summed E-state index contributed by atoms with van der Waals surface area (Å²) in [7, 11) is 0. The second-order valence-corrected chi connectivity index (χ2v) is 9.06. The molecule has 22 heavy (non-hydrogen) atoms. The number of rotatable bonds is 3. The molecule has 3 rings (SSSR count). The minimum absolute atomic E-state index is 0.000188. The predicted molar refractivity (Wildman–Crippen MR) is 92.9 cm³/mol. The van der Waals surface area contributed by atoms with Gasteiger partial charge in [0.2, 0.25) is 0 Å². The summed E-state index contributed by atoms with van der Waals surface area (Å²) >= 11 is 0. The van der Waals surface area contributed by atoms with Crippen LogP contribution in [0.25, 0.3) is 0 Å². The molecule has 0 radical (unpaired) electrons. The van der Waals surface area contributed by atoms with Gasteiger partial charge in [0, 0.05) is 6.54 Å². The van der Waals surface area contributed by atoms with Gasteiger partial charge in [-0.15, -0.1) is 0 Å². The zero-order valence-electron chi connectivity index (χ0n) is 14.9. The Morgan fingerprint density at radius 3 is 2.05 bits per heavy atom. The maximum atomic E-state index is 9.74. The summed E-state index contributed by atoms with van der Waals surface area (Å²) in [5, 5.41) is 9.74. The van der Waals surface area contributed by atoms with Gasteiger partial charge < -0.3 is 10.0 Å². The predicted octanol–water partition coefficient (Wildman–Crippen LogP) is 4.47. The number of hydrogen-bond acceptors (Lipinski definition) is 2. The van der Waals surface area contributed by atoms with Crippen LogP contribution in [-0.2, 0) is 0 Å². The van der Waals surface area contributed by atoms with Crippen molar-refractivity contribution in [3.8, 4) is 0 Å². The first-order chi connectivity index (χ1) is 10.6. The number of aliphatic hydroxyl groups excluding tert-OH is 1. The van der Waals surface area contributed by atoms with Crippen molar-refractivity contribution in [2.24, 2.45) is 23.2 Å². The maximum Gasteiger partial charge on any atom is 0.0540 e. The molecule has 3 fully saturated rings. The Morgan fingerprint density at radius 2 is 1.50 bits per heavy atom. The molecule has 0 aromatic carbocycles. The number of piperidine rings is 1. The highest BCUT2D eigenvalue weighted by Gasteiger charge is 2.38. The van der Waals surface area contributed by atoms with E-state index in [4.69, 9.17) is 0 Å². The molecule has 1 heterocycles. The topological polar surface area (TPSA) is 23.5 Å². The van der Waals surface area contributed by atoms with E-state index in [1.807, 2.05) is 0 Å². The molecule has 1 saturated heterocycles. The highest BCUT2D eigenvalue weighted by atomic mass is 16.3. The van der Waals surface area contributed by atoms with Crippen LogP contribution in [0.3, 0.4) is 0 Å². The summed E-state index contributed by atoms with van der Waals surface area (Å²) in [6.07, 6.45) is 13.3. The lowest BCUT2D eigenvalue weighted by molar-refractivity contribution is 0.0116. The molecule has 0 amide bonds. The van der Waals surface area contributed by atoms with Crippen molar-refractivity contribution in [3.63, 3.8) is 0 Å². The summed E-state index contributed by atoms with van der Waals surface area (Å²) in [6, 6.07) is 0. The molecule has 2 aliphatic carbocycles. The molecule has 0 bridgehead atoms. The lowest BCUT2D eigenvalue weighted by Crippen LogP contribution is -2.44. The Bertz CT molecular complexity index is 328. The molecule has 2 nitrogen and oxygen atoms in total. The Hall–Kier alpha value is -0.0800. The van der Waals surface area contributed by atoms with Crippen LogP contribution in [0.5, 0.6) is 0 Å². The van der Waals surface area contributed by atoms with Gasteiger partial charge in [-0.3, -0.25) is 0 Å². The Morgan fingerprint density at radius 1 is 0.909 bits per heavy atom. The van der Waals surface area contributed by atoms with E-state index in [-0.39, 0.29) is 6.10 Å². The van der Waals surface area contributed by atoms with Crippen molar-refractivity contribution in [2.75, 3.05) is 19.6 Å². The molecule has 0 aromatic heterocycles. The van der Waals surface area contributed by atoms with Gasteiger partial charge in [0.25, 0.3) is 0 Å². The lowest BCUT2D eigenvalue weighted by atomic mass is 9.67. The third-order valence-corrected chi connectivity index (χ3v) is 7.28. The first-order valence-electron chi connectivity index (χ1n) is 9.97. The van der Waals surface area contributed by atoms with Gasteiger partial charge in [-0.05, 0) is 100 Å². The van der Waals surface area contributed by atoms with Crippen molar-refractivity contribution >= 4 is 0 Å². The second kappa shape index (κ2) is 7.21. The molecule has 0 unspecified atom stereocenters. The van der Waals surface area contributed by atoms with Gasteiger partial charge in [0.15, 0.2) is 0 Å². The van der Waals surface area contributed by atoms with Crippen LogP contribution in [0.4, 0.5) is 0 Å². The van der Waals surface area contributed by atoms with Gasteiger partial charge in [-0.25, -0.2) is 0 Å². The van der Waals surface area contributed by atoms with Gasteiger partial charge in [-0.1, -0.05) is 13.8 Å². The SMILES string of the molecule is CC(C)C1CCC(CN2CCC3(CCC(O)CC3)CC2)CC1. The molecule has 1 spiro atoms. The van der Waals surface area contributed by atoms with E-state index in [1.54, 1.807) is 0 Å². The van der Waals surface area contributed by atoms with Crippen molar-refractivity contribution in [2.45, 2.75) is 84.2 Å². The number of aliphatic hydroxyl groups is 1. The summed E-state index contributed by atoms with van der Waals surface area (Å²) in [4.78, 5) is 2.76. The van der Waals surface area contributed by atoms with Crippen LogP contribution in [0.15, 0.2) is 0 Å². The fraction of sp³-hybridized carbons (Fsp3) is 1.00. The minimum atomic E-state index is -0.000188. The van der Waals surface area contributed by atoms with Gasteiger partial charge in [0.1, 0.15) is 0 Å². The molecule has 0 aromatic rings. The van der Waals surface area contributed by atoms with E-state index in [9.17, 15) is 5.11 Å². The van der Waals surface area contributed by atoms with E-state index < -0.39 is 0 Å². The Kier molecular flexibility index (Phi) is 5.50. The molecule has 1 N–H and O–H groups in total. The van der Waals surface area contributed by atoms with Gasteiger partial charge >= 0.3 is 0 Å². The zero-order valence-corrected chi connectivity index (χ0v) is 14.9. The van der Waals surface area contributed by atoms with Crippen LogP contribution in [0.2, 0.25) is 0 Å². The van der Waals surface area contributed by atoms with E-state index >= 15 is 0 Å². The van der Waals surface area contributed by atoms with Crippen molar-refractivity contribution in [1.29, 1.82) is 0 Å². The summed E-state index contributed by atoms with van der Waals surface area (Å²) < 4.78 is 0. The number of likely N-dealkylation sites (tertiary alicyclic amines) is 1. The molecule has 1 aliphatic heterocycles. The third kappa shape index (κ3) is 4.06. The van der Waals surface area contributed by atoms with Crippen molar-refractivity contribution in [3.05, 3.63) is 0 Å². The largest absolute Gasteiger partial charge is 0.393 e. The lowest BCUT2D eigenvalue weighted by Gasteiger charge is -2.46. The second-order valence-electron chi connectivity index (χ2n) is 9.06. The standard InChI is InChI=1S/C20H37NO/c1-16(2)18-5-3-17(4-6-18)15-21-13-11-20(12-14-21)9-7-19(22)8-10-20/h16-19,22H,3-15H2,1-2H3.